The molecule has 0 saturated carbocycles. The molecule has 0 aromatic rings. The number of esters is 3. The monoisotopic (exact) mass is 402 g/mol. The fourth-order valence-electron chi connectivity index (χ4n) is 2.71. The molecule has 8 heteroatoms. The molecule has 162 valence electrons. The molecule has 0 aliphatic carbocycles. The van der Waals surface area contributed by atoms with Gasteiger partial charge in [0.1, 0.15) is 0 Å². The summed E-state index contributed by atoms with van der Waals surface area (Å²) in [7, 11) is 0. The van der Waals surface area contributed by atoms with Gasteiger partial charge in [0.2, 0.25) is 0 Å². The highest BCUT2D eigenvalue weighted by molar-refractivity contribution is 5.91. The summed E-state index contributed by atoms with van der Waals surface area (Å²) < 4.78 is 9.14. The lowest BCUT2D eigenvalue weighted by Crippen LogP contribution is -2.43. The SMILES string of the molecule is CCCCCCCCCCCCOC(=O)CC(O)(CC(=O)OC(C)=O)C(=O)O. The Morgan fingerprint density at radius 1 is 0.786 bits per heavy atom. The van der Waals surface area contributed by atoms with Gasteiger partial charge < -0.3 is 19.7 Å². The summed E-state index contributed by atoms with van der Waals surface area (Å²) >= 11 is 0. The third-order valence-corrected chi connectivity index (χ3v) is 4.29. The maximum atomic E-state index is 11.8. The van der Waals surface area contributed by atoms with Crippen molar-refractivity contribution in [2.75, 3.05) is 6.61 Å². The molecule has 0 aliphatic heterocycles. The highest BCUT2D eigenvalue weighted by atomic mass is 16.6. The van der Waals surface area contributed by atoms with Crippen molar-refractivity contribution in [1.82, 2.24) is 0 Å². The van der Waals surface area contributed by atoms with Crippen LogP contribution in [0.5, 0.6) is 0 Å². The number of carboxylic acid groups (broad SMARTS) is 1. The summed E-state index contributed by atoms with van der Waals surface area (Å²) in [5, 5.41) is 19.1. The quantitative estimate of drug-likeness (QED) is 0.229. The zero-order valence-corrected chi connectivity index (χ0v) is 17.0. The van der Waals surface area contributed by atoms with Crippen molar-refractivity contribution in [2.45, 2.75) is 96.5 Å². The van der Waals surface area contributed by atoms with E-state index in [9.17, 15) is 24.3 Å². The molecular formula is C20H34O8. The number of ether oxygens (including phenoxy) is 2. The summed E-state index contributed by atoms with van der Waals surface area (Å²) in [5.41, 5.74) is -2.67. The van der Waals surface area contributed by atoms with Gasteiger partial charge in [0.25, 0.3) is 0 Å². The second-order valence-electron chi connectivity index (χ2n) is 7.06. The molecule has 0 aromatic carbocycles. The number of carbonyl (C=O) groups excluding carboxylic acids is 3. The summed E-state index contributed by atoms with van der Waals surface area (Å²) in [6.07, 6.45) is 9.36. The Kier molecular flexibility index (Phi) is 14.0. The molecule has 0 fully saturated rings. The van der Waals surface area contributed by atoms with Gasteiger partial charge in [-0.3, -0.25) is 14.4 Å². The van der Waals surface area contributed by atoms with Crippen LogP contribution in [0, 0.1) is 0 Å². The first-order chi connectivity index (χ1) is 13.2. The van der Waals surface area contributed by atoms with Crippen LogP contribution >= 0.6 is 0 Å². The molecule has 0 aliphatic rings. The van der Waals surface area contributed by atoms with E-state index in [-0.39, 0.29) is 6.61 Å². The largest absolute Gasteiger partial charge is 0.479 e. The molecule has 8 nitrogen and oxygen atoms in total. The van der Waals surface area contributed by atoms with Crippen molar-refractivity contribution in [1.29, 1.82) is 0 Å². The molecule has 0 radical (unpaired) electrons. The van der Waals surface area contributed by atoms with Gasteiger partial charge in [0.15, 0.2) is 5.60 Å². The zero-order chi connectivity index (χ0) is 21.4. The van der Waals surface area contributed by atoms with Crippen LogP contribution in [-0.2, 0) is 28.7 Å². The van der Waals surface area contributed by atoms with Gasteiger partial charge >= 0.3 is 23.9 Å². The number of unbranched alkanes of at least 4 members (excludes halogenated alkanes) is 9. The van der Waals surface area contributed by atoms with Gasteiger partial charge in [-0.1, -0.05) is 64.7 Å². The summed E-state index contributed by atoms with van der Waals surface area (Å²) in [5.74, 6) is -4.83. The van der Waals surface area contributed by atoms with Gasteiger partial charge in [-0.2, -0.15) is 0 Å². The van der Waals surface area contributed by atoms with Crippen LogP contribution in [0.1, 0.15) is 90.9 Å². The second kappa shape index (κ2) is 15.0. The van der Waals surface area contributed by atoms with Crippen LogP contribution in [0.15, 0.2) is 0 Å². The van der Waals surface area contributed by atoms with E-state index >= 15 is 0 Å². The Morgan fingerprint density at radius 2 is 1.25 bits per heavy atom. The standard InChI is InChI=1S/C20H34O8/c1-3-4-5-6-7-8-9-10-11-12-13-27-17(22)14-20(26,19(24)25)15-18(23)28-16(2)21/h26H,3-15H2,1-2H3,(H,24,25). The molecular weight excluding hydrogens is 368 g/mol. The van der Waals surface area contributed by atoms with Crippen LogP contribution in [-0.4, -0.2) is 46.3 Å². The number of hydrogen-bond acceptors (Lipinski definition) is 7. The Bertz CT molecular complexity index is 502. The third kappa shape index (κ3) is 13.2. The van der Waals surface area contributed by atoms with Crippen molar-refractivity contribution in [3.63, 3.8) is 0 Å². The Balaban J connectivity index is 3.96. The van der Waals surface area contributed by atoms with Crippen molar-refractivity contribution in [3.05, 3.63) is 0 Å². The topological polar surface area (TPSA) is 127 Å². The number of carbonyl (C=O) groups is 4. The predicted octanol–water partition coefficient (Wildman–Crippen LogP) is 3.14. The first-order valence-corrected chi connectivity index (χ1v) is 10.0. The van der Waals surface area contributed by atoms with Gasteiger partial charge in [0, 0.05) is 6.92 Å². The van der Waals surface area contributed by atoms with Crippen LogP contribution < -0.4 is 0 Å². The molecule has 0 saturated heterocycles. The zero-order valence-electron chi connectivity index (χ0n) is 17.0. The average molecular weight is 402 g/mol. The molecule has 0 spiro atoms. The van der Waals surface area contributed by atoms with Crippen LogP contribution in [0.25, 0.3) is 0 Å². The lowest BCUT2D eigenvalue weighted by molar-refractivity contribution is -0.175. The molecule has 1 atom stereocenters. The maximum Gasteiger partial charge on any atom is 0.336 e. The summed E-state index contributed by atoms with van der Waals surface area (Å²) in [6, 6.07) is 0. The van der Waals surface area contributed by atoms with Gasteiger partial charge in [-0.25, -0.2) is 4.79 Å². The van der Waals surface area contributed by atoms with Gasteiger partial charge in [0.05, 0.1) is 19.4 Å². The molecule has 0 aromatic heterocycles. The average Bonchev–Trinajstić information content (AvgIpc) is 2.58. The molecule has 1 unspecified atom stereocenters. The molecule has 0 amide bonds. The minimum Gasteiger partial charge on any atom is -0.479 e. The van der Waals surface area contributed by atoms with Crippen molar-refractivity contribution in [3.8, 4) is 0 Å². The second-order valence-corrected chi connectivity index (χ2v) is 7.06. The summed E-state index contributed by atoms with van der Waals surface area (Å²) in [6.45, 7) is 3.29. The smallest absolute Gasteiger partial charge is 0.336 e. The Morgan fingerprint density at radius 3 is 1.71 bits per heavy atom. The van der Waals surface area contributed by atoms with E-state index in [4.69, 9.17) is 9.84 Å². The van der Waals surface area contributed by atoms with E-state index in [0.29, 0.717) is 6.42 Å². The lowest BCUT2D eigenvalue weighted by Gasteiger charge is -2.21. The van der Waals surface area contributed by atoms with E-state index in [1.54, 1.807) is 0 Å². The highest BCUT2D eigenvalue weighted by Gasteiger charge is 2.42. The number of carboxylic acids is 1. The fraction of sp³-hybridized carbons (Fsp3) is 0.800. The molecule has 0 rings (SSSR count). The number of aliphatic carboxylic acids is 1. The van der Waals surface area contributed by atoms with Crippen molar-refractivity contribution >= 4 is 23.9 Å². The number of rotatable bonds is 16. The summed E-state index contributed by atoms with van der Waals surface area (Å²) in [4.78, 5) is 45.0. The third-order valence-electron chi connectivity index (χ3n) is 4.29. The van der Waals surface area contributed by atoms with Crippen LogP contribution in [0.4, 0.5) is 0 Å². The van der Waals surface area contributed by atoms with Crippen LogP contribution in [0.3, 0.4) is 0 Å². The van der Waals surface area contributed by atoms with E-state index in [2.05, 4.69) is 11.7 Å². The van der Waals surface area contributed by atoms with Crippen molar-refractivity contribution < 1.29 is 38.9 Å². The normalized spacial score (nSPS) is 12.8. The molecule has 2 N–H and O–H groups in total. The van der Waals surface area contributed by atoms with Gasteiger partial charge in [-0.15, -0.1) is 0 Å². The van der Waals surface area contributed by atoms with Crippen molar-refractivity contribution in [2.24, 2.45) is 0 Å². The number of hydrogen-bond donors (Lipinski definition) is 2. The minimum absolute atomic E-state index is 0.128. The minimum atomic E-state index is -2.67. The molecule has 28 heavy (non-hydrogen) atoms. The highest BCUT2D eigenvalue weighted by Crippen LogP contribution is 2.18. The maximum absolute atomic E-state index is 11.8. The number of aliphatic hydroxyl groups is 1. The Hall–Kier alpha value is -1.96. The van der Waals surface area contributed by atoms with E-state index in [1.807, 2.05) is 0 Å². The Labute approximate surface area is 166 Å². The van der Waals surface area contributed by atoms with Crippen LogP contribution in [0.2, 0.25) is 0 Å². The molecule has 0 bridgehead atoms. The first kappa shape index (κ1) is 26.0. The lowest BCUT2D eigenvalue weighted by atomic mass is 9.96. The van der Waals surface area contributed by atoms with E-state index < -0.39 is 42.3 Å². The fourth-order valence-corrected chi connectivity index (χ4v) is 2.71. The molecule has 0 heterocycles. The van der Waals surface area contributed by atoms with Gasteiger partial charge in [-0.05, 0) is 6.42 Å². The first-order valence-electron chi connectivity index (χ1n) is 10.0. The predicted molar refractivity (Wildman–Crippen MR) is 101 cm³/mol. The van der Waals surface area contributed by atoms with E-state index in [1.165, 1.54) is 38.5 Å². The van der Waals surface area contributed by atoms with E-state index in [0.717, 1.165) is 26.2 Å².